The number of aryl methyl sites for hydroxylation is 1. The molecule has 0 aliphatic carbocycles. The summed E-state index contributed by atoms with van der Waals surface area (Å²) in [6, 6.07) is 7.53. The molecule has 16 heavy (non-hydrogen) atoms. The van der Waals surface area contributed by atoms with Crippen molar-refractivity contribution in [1.29, 1.82) is 0 Å². The fourth-order valence-electron chi connectivity index (χ4n) is 2.43. The van der Waals surface area contributed by atoms with Crippen LogP contribution in [-0.2, 0) is 5.41 Å². The van der Waals surface area contributed by atoms with E-state index in [1.54, 1.807) is 0 Å². The van der Waals surface area contributed by atoms with E-state index in [0.29, 0.717) is 6.04 Å². The smallest absolute Gasteiger partial charge is 0.0323 e. The number of hydrogen-bond donors (Lipinski definition) is 1. The molecule has 2 rings (SSSR count). The van der Waals surface area contributed by atoms with Gasteiger partial charge in [-0.25, -0.2) is 0 Å². The first-order valence-corrected chi connectivity index (χ1v) is 6.33. The standard InChI is InChI=1S/C15H23N/c1-11-7-8-12(15(2,3)4)10-13(11)14-6-5-9-16-14/h7-8,10,14,16H,5-6,9H2,1-4H3. The summed E-state index contributed by atoms with van der Waals surface area (Å²) in [6.07, 6.45) is 2.60. The third-order valence-corrected chi connectivity index (χ3v) is 3.58. The lowest BCUT2D eigenvalue weighted by Gasteiger charge is -2.23. The largest absolute Gasteiger partial charge is 0.310 e. The van der Waals surface area contributed by atoms with E-state index in [1.165, 1.54) is 36.1 Å². The molecule has 1 aromatic carbocycles. The summed E-state index contributed by atoms with van der Waals surface area (Å²) in [6.45, 7) is 10.2. The average Bonchev–Trinajstić information content (AvgIpc) is 2.69. The highest BCUT2D eigenvalue weighted by Gasteiger charge is 2.20. The van der Waals surface area contributed by atoms with Crippen molar-refractivity contribution in [2.45, 2.75) is 52.0 Å². The van der Waals surface area contributed by atoms with Gasteiger partial charge in [-0.2, -0.15) is 0 Å². The Morgan fingerprint density at radius 3 is 2.56 bits per heavy atom. The van der Waals surface area contributed by atoms with E-state index in [2.05, 4.69) is 51.2 Å². The summed E-state index contributed by atoms with van der Waals surface area (Å²) in [5.41, 5.74) is 4.63. The van der Waals surface area contributed by atoms with E-state index >= 15 is 0 Å². The molecule has 1 aliphatic heterocycles. The summed E-state index contributed by atoms with van der Waals surface area (Å²) in [4.78, 5) is 0. The molecule has 1 nitrogen and oxygen atoms in total. The van der Waals surface area contributed by atoms with E-state index in [9.17, 15) is 0 Å². The lowest BCUT2D eigenvalue weighted by Crippen LogP contribution is -2.17. The van der Waals surface area contributed by atoms with Crippen molar-refractivity contribution in [1.82, 2.24) is 5.32 Å². The number of rotatable bonds is 1. The van der Waals surface area contributed by atoms with Crippen LogP contribution in [0.1, 0.15) is 56.3 Å². The summed E-state index contributed by atoms with van der Waals surface area (Å²) in [7, 11) is 0. The molecule has 88 valence electrons. The van der Waals surface area contributed by atoms with Gasteiger partial charge < -0.3 is 5.32 Å². The van der Waals surface area contributed by atoms with E-state index in [4.69, 9.17) is 0 Å². The van der Waals surface area contributed by atoms with Crippen LogP contribution in [0.2, 0.25) is 0 Å². The van der Waals surface area contributed by atoms with Crippen LogP contribution < -0.4 is 5.32 Å². The Morgan fingerprint density at radius 1 is 1.25 bits per heavy atom. The van der Waals surface area contributed by atoms with Gasteiger partial charge in [-0.3, -0.25) is 0 Å². The van der Waals surface area contributed by atoms with Gasteiger partial charge in [0.15, 0.2) is 0 Å². The molecule has 0 radical (unpaired) electrons. The third kappa shape index (κ3) is 2.30. The Hall–Kier alpha value is -0.820. The van der Waals surface area contributed by atoms with Crippen molar-refractivity contribution in [2.75, 3.05) is 6.54 Å². The van der Waals surface area contributed by atoms with Gasteiger partial charge in [0, 0.05) is 6.04 Å². The average molecular weight is 217 g/mol. The minimum absolute atomic E-state index is 0.251. The van der Waals surface area contributed by atoms with Gasteiger partial charge in [0.1, 0.15) is 0 Å². The van der Waals surface area contributed by atoms with Gasteiger partial charge in [-0.05, 0) is 48.4 Å². The van der Waals surface area contributed by atoms with Crippen molar-refractivity contribution in [3.8, 4) is 0 Å². The molecule has 1 N–H and O–H groups in total. The first kappa shape index (κ1) is 11.7. The molecule has 1 aromatic rings. The van der Waals surface area contributed by atoms with Crippen LogP contribution in [0.3, 0.4) is 0 Å². The van der Waals surface area contributed by atoms with Crippen molar-refractivity contribution in [2.24, 2.45) is 0 Å². The Morgan fingerprint density at radius 2 is 2.00 bits per heavy atom. The van der Waals surface area contributed by atoms with E-state index < -0.39 is 0 Å². The van der Waals surface area contributed by atoms with Crippen LogP contribution in [0, 0.1) is 6.92 Å². The highest BCUT2D eigenvalue weighted by molar-refractivity contribution is 5.36. The zero-order valence-electron chi connectivity index (χ0n) is 10.9. The minimum Gasteiger partial charge on any atom is -0.310 e. The van der Waals surface area contributed by atoms with Crippen molar-refractivity contribution in [3.05, 3.63) is 34.9 Å². The molecule has 1 aliphatic rings. The van der Waals surface area contributed by atoms with Gasteiger partial charge in [0.2, 0.25) is 0 Å². The summed E-state index contributed by atoms with van der Waals surface area (Å²) >= 11 is 0. The Kier molecular flexibility index (Phi) is 3.07. The number of benzene rings is 1. The highest BCUT2D eigenvalue weighted by atomic mass is 14.9. The van der Waals surface area contributed by atoms with Crippen molar-refractivity contribution < 1.29 is 0 Å². The van der Waals surface area contributed by atoms with Crippen molar-refractivity contribution >= 4 is 0 Å². The SMILES string of the molecule is Cc1ccc(C(C)(C)C)cc1C1CCCN1. The maximum absolute atomic E-state index is 3.59. The highest BCUT2D eigenvalue weighted by Crippen LogP contribution is 2.30. The predicted molar refractivity (Wildman–Crippen MR) is 69.9 cm³/mol. The first-order chi connectivity index (χ1) is 7.48. The van der Waals surface area contributed by atoms with E-state index in [0.717, 1.165) is 0 Å². The van der Waals surface area contributed by atoms with Gasteiger partial charge in [0.05, 0.1) is 0 Å². The van der Waals surface area contributed by atoms with Gasteiger partial charge in [-0.15, -0.1) is 0 Å². The molecule has 0 bridgehead atoms. The Labute approximate surface area is 99.3 Å². The zero-order chi connectivity index (χ0) is 11.8. The van der Waals surface area contributed by atoms with Gasteiger partial charge >= 0.3 is 0 Å². The second-order valence-electron chi connectivity index (χ2n) is 5.97. The monoisotopic (exact) mass is 217 g/mol. The fraction of sp³-hybridized carbons (Fsp3) is 0.600. The molecule has 0 amide bonds. The Bertz CT molecular complexity index is 368. The molecule has 0 aromatic heterocycles. The third-order valence-electron chi connectivity index (χ3n) is 3.58. The van der Waals surface area contributed by atoms with Gasteiger partial charge in [-0.1, -0.05) is 39.0 Å². The lowest BCUT2D eigenvalue weighted by molar-refractivity contribution is 0.583. The Balaban J connectivity index is 2.36. The normalized spacial score (nSPS) is 21.4. The molecule has 0 spiro atoms. The molecule has 1 unspecified atom stereocenters. The van der Waals surface area contributed by atoms with Gasteiger partial charge in [0.25, 0.3) is 0 Å². The maximum atomic E-state index is 3.59. The summed E-state index contributed by atoms with van der Waals surface area (Å²) < 4.78 is 0. The second-order valence-corrected chi connectivity index (χ2v) is 5.97. The molecular weight excluding hydrogens is 194 g/mol. The van der Waals surface area contributed by atoms with Crippen LogP contribution in [-0.4, -0.2) is 6.54 Å². The molecular formula is C15H23N. The van der Waals surface area contributed by atoms with Crippen LogP contribution >= 0.6 is 0 Å². The first-order valence-electron chi connectivity index (χ1n) is 6.33. The topological polar surface area (TPSA) is 12.0 Å². The van der Waals surface area contributed by atoms with Crippen LogP contribution in [0.5, 0.6) is 0 Å². The molecule has 1 fully saturated rings. The molecule has 1 atom stereocenters. The van der Waals surface area contributed by atoms with E-state index in [1.807, 2.05) is 0 Å². The van der Waals surface area contributed by atoms with Crippen LogP contribution in [0.15, 0.2) is 18.2 Å². The molecule has 1 heterocycles. The van der Waals surface area contributed by atoms with Crippen LogP contribution in [0.25, 0.3) is 0 Å². The maximum Gasteiger partial charge on any atom is 0.0323 e. The van der Waals surface area contributed by atoms with E-state index in [-0.39, 0.29) is 5.41 Å². The fourth-order valence-corrected chi connectivity index (χ4v) is 2.43. The molecule has 1 heteroatoms. The summed E-state index contributed by atoms with van der Waals surface area (Å²) in [5.74, 6) is 0. The van der Waals surface area contributed by atoms with Crippen LogP contribution in [0.4, 0.5) is 0 Å². The number of nitrogens with one attached hydrogen (secondary N) is 1. The summed E-state index contributed by atoms with van der Waals surface area (Å²) in [5, 5.41) is 3.59. The second kappa shape index (κ2) is 4.21. The zero-order valence-corrected chi connectivity index (χ0v) is 10.9. The molecule has 0 saturated carbocycles. The quantitative estimate of drug-likeness (QED) is 0.756. The number of hydrogen-bond acceptors (Lipinski definition) is 1. The molecule has 1 saturated heterocycles. The minimum atomic E-state index is 0.251. The van der Waals surface area contributed by atoms with Crippen molar-refractivity contribution in [3.63, 3.8) is 0 Å². The lowest BCUT2D eigenvalue weighted by atomic mass is 9.84. The predicted octanol–water partition coefficient (Wildman–Crippen LogP) is 3.72.